The summed E-state index contributed by atoms with van der Waals surface area (Å²) in [5.41, 5.74) is 6.17. The molecule has 0 fully saturated rings. The summed E-state index contributed by atoms with van der Waals surface area (Å²) in [7, 11) is 1.27. The predicted molar refractivity (Wildman–Crippen MR) is 71.8 cm³/mol. The molecule has 0 aliphatic carbocycles. The van der Waals surface area contributed by atoms with Gasteiger partial charge in [0.05, 0.1) is 24.9 Å². The van der Waals surface area contributed by atoms with Crippen LogP contribution >= 0.6 is 0 Å². The number of carbonyl (C=O) groups is 2. The lowest BCUT2D eigenvalue weighted by atomic mass is 10.2. The number of aromatic nitrogens is 1. The van der Waals surface area contributed by atoms with Crippen molar-refractivity contribution < 1.29 is 14.3 Å². The van der Waals surface area contributed by atoms with Gasteiger partial charge < -0.3 is 21.1 Å². The molecule has 19 heavy (non-hydrogen) atoms. The molecule has 0 atom stereocenters. The molecule has 0 saturated carbocycles. The number of nitrogens with one attached hydrogen (secondary N) is 2. The lowest BCUT2D eigenvalue weighted by Gasteiger charge is -2.10. The number of rotatable bonds is 6. The van der Waals surface area contributed by atoms with Gasteiger partial charge in [-0.15, -0.1) is 0 Å². The highest BCUT2D eigenvalue weighted by Crippen LogP contribution is 2.20. The SMILES string of the molecule is CCCNC(=O)CNc1nccc(C(=O)OC)c1N. The van der Waals surface area contributed by atoms with E-state index in [-0.39, 0.29) is 29.5 Å². The van der Waals surface area contributed by atoms with Crippen LogP contribution in [0.5, 0.6) is 0 Å². The van der Waals surface area contributed by atoms with Gasteiger partial charge in [0.25, 0.3) is 0 Å². The van der Waals surface area contributed by atoms with Gasteiger partial charge >= 0.3 is 5.97 Å². The number of nitrogen functional groups attached to an aromatic ring is 1. The van der Waals surface area contributed by atoms with Crippen LogP contribution in [0.25, 0.3) is 0 Å². The monoisotopic (exact) mass is 266 g/mol. The molecule has 0 unspecified atom stereocenters. The topological polar surface area (TPSA) is 106 Å². The Morgan fingerprint density at radius 3 is 2.84 bits per heavy atom. The standard InChI is InChI=1S/C12H18N4O3/c1-3-5-14-9(17)7-16-11-10(13)8(4-6-15-11)12(18)19-2/h4,6H,3,5,7,13H2,1-2H3,(H,14,17)(H,15,16). The summed E-state index contributed by atoms with van der Waals surface area (Å²) in [6.07, 6.45) is 2.29. The fourth-order valence-electron chi connectivity index (χ4n) is 1.39. The predicted octanol–water partition coefficient (Wildman–Crippen LogP) is 0.388. The Morgan fingerprint density at radius 2 is 2.21 bits per heavy atom. The molecule has 0 bridgehead atoms. The first-order chi connectivity index (χ1) is 9.10. The number of pyridine rings is 1. The molecule has 0 saturated heterocycles. The highest BCUT2D eigenvalue weighted by atomic mass is 16.5. The van der Waals surface area contributed by atoms with E-state index in [1.165, 1.54) is 19.4 Å². The largest absolute Gasteiger partial charge is 0.465 e. The van der Waals surface area contributed by atoms with Crippen molar-refractivity contribution in [2.45, 2.75) is 13.3 Å². The molecule has 1 amide bonds. The van der Waals surface area contributed by atoms with E-state index in [9.17, 15) is 9.59 Å². The van der Waals surface area contributed by atoms with Gasteiger partial charge in [0, 0.05) is 12.7 Å². The van der Waals surface area contributed by atoms with E-state index < -0.39 is 5.97 Å². The first-order valence-corrected chi connectivity index (χ1v) is 5.93. The number of hydrogen-bond donors (Lipinski definition) is 3. The van der Waals surface area contributed by atoms with Crippen molar-refractivity contribution in [1.82, 2.24) is 10.3 Å². The maximum Gasteiger partial charge on any atom is 0.340 e. The molecular weight excluding hydrogens is 248 g/mol. The Morgan fingerprint density at radius 1 is 1.47 bits per heavy atom. The third kappa shape index (κ3) is 4.13. The van der Waals surface area contributed by atoms with E-state index in [0.29, 0.717) is 6.54 Å². The third-order valence-corrected chi connectivity index (χ3v) is 2.38. The number of anilines is 2. The molecule has 1 aromatic rings. The molecular formula is C12H18N4O3. The van der Waals surface area contributed by atoms with Gasteiger partial charge in [-0.05, 0) is 12.5 Å². The van der Waals surface area contributed by atoms with Crippen LogP contribution < -0.4 is 16.4 Å². The van der Waals surface area contributed by atoms with Crippen LogP contribution in [0.15, 0.2) is 12.3 Å². The van der Waals surface area contributed by atoms with Gasteiger partial charge in [0.15, 0.2) is 0 Å². The lowest BCUT2D eigenvalue weighted by Crippen LogP contribution is -2.30. The second kappa shape index (κ2) is 7.20. The Labute approximate surface area is 111 Å². The van der Waals surface area contributed by atoms with E-state index >= 15 is 0 Å². The first-order valence-electron chi connectivity index (χ1n) is 5.93. The average molecular weight is 266 g/mol. The summed E-state index contributed by atoms with van der Waals surface area (Å²) in [6, 6.07) is 1.46. The zero-order valence-corrected chi connectivity index (χ0v) is 11.0. The molecule has 4 N–H and O–H groups in total. The van der Waals surface area contributed by atoms with Crippen molar-refractivity contribution in [2.75, 3.05) is 31.2 Å². The van der Waals surface area contributed by atoms with E-state index in [2.05, 4.69) is 20.4 Å². The van der Waals surface area contributed by atoms with Crippen molar-refractivity contribution in [3.05, 3.63) is 17.8 Å². The Hall–Kier alpha value is -2.31. The maximum atomic E-state index is 11.4. The minimum atomic E-state index is -0.543. The molecule has 7 heteroatoms. The van der Waals surface area contributed by atoms with Gasteiger partial charge in [-0.2, -0.15) is 0 Å². The Bertz CT molecular complexity index is 462. The molecule has 1 aromatic heterocycles. The summed E-state index contributed by atoms with van der Waals surface area (Å²) >= 11 is 0. The van der Waals surface area contributed by atoms with Crippen molar-refractivity contribution >= 4 is 23.4 Å². The molecule has 0 radical (unpaired) electrons. The Kier molecular flexibility index (Phi) is 5.59. The van der Waals surface area contributed by atoms with Crippen molar-refractivity contribution in [3.63, 3.8) is 0 Å². The number of hydrogen-bond acceptors (Lipinski definition) is 6. The van der Waals surface area contributed by atoms with E-state index in [0.717, 1.165) is 6.42 Å². The first kappa shape index (κ1) is 14.7. The van der Waals surface area contributed by atoms with Crippen LogP contribution in [-0.2, 0) is 9.53 Å². The number of nitrogens with two attached hydrogens (primary N) is 1. The van der Waals surface area contributed by atoms with Crippen LogP contribution in [0, 0.1) is 0 Å². The molecule has 104 valence electrons. The second-order valence-electron chi connectivity index (χ2n) is 3.82. The fraction of sp³-hybridized carbons (Fsp3) is 0.417. The summed E-state index contributed by atoms with van der Waals surface area (Å²) in [4.78, 5) is 26.8. The maximum absolute atomic E-state index is 11.4. The minimum Gasteiger partial charge on any atom is -0.465 e. The minimum absolute atomic E-state index is 0.0435. The van der Waals surface area contributed by atoms with Crippen LogP contribution in [0.1, 0.15) is 23.7 Å². The summed E-state index contributed by atoms with van der Waals surface area (Å²) in [5, 5.41) is 5.49. The van der Waals surface area contributed by atoms with Crippen LogP contribution in [-0.4, -0.2) is 37.1 Å². The number of esters is 1. The lowest BCUT2D eigenvalue weighted by molar-refractivity contribution is -0.119. The van der Waals surface area contributed by atoms with E-state index in [4.69, 9.17) is 5.73 Å². The fourth-order valence-corrected chi connectivity index (χ4v) is 1.39. The number of ether oxygens (including phenoxy) is 1. The van der Waals surface area contributed by atoms with Crippen LogP contribution in [0.3, 0.4) is 0 Å². The zero-order chi connectivity index (χ0) is 14.3. The molecule has 0 aromatic carbocycles. The number of methoxy groups -OCH3 is 1. The van der Waals surface area contributed by atoms with Gasteiger partial charge in [-0.3, -0.25) is 4.79 Å². The quantitative estimate of drug-likeness (QED) is 0.643. The highest BCUT2D eigenvalue weighted by Gasteiger charge is 2.14. The van der Waals surface area contributed by atoms with Crippen molar-refractivity contribution in [3.8, 4) is 0 Å². The van der Waals surface area contributed by atoms with Gasteiger partial charge in [0.2, 0.25) is 5.91 Å². The summed E-state index contributed by atoms with van der Waals surface area (Å²) in [6.45, 7) is 2.63. The number of carbonyl (C=O) groups excluding carboxylic acids is 2. The van der Waals surface area contributed by atoms with Gasteiger partial charge in [0.1, 0.15) is 5.82 Å². The average Bonchev–Trinajstić information content (AvgIpc) is 2.43. The summed E-state index contributed by atoms with van der Waals surface area (Å²) < 4.78 is 4.60. The van der Waals surface area contributed by atoms with Crippen LogP contribution in [0.4, 0.5) is 11.5 Å². The highest BCUT2D eigenvalue weighted by molar-refractivity contribution is 5.97. The van der Waals surface area contributed by atoms with Gasteiger partial charge in [-0.1, -0.05) is 6.92 Å². The second-order valence-corrected chi connectivity index (χ2v) is 3.82. The molecule has 0 aliphatic heterocycles. The number of nitrogens with zero attached hydrogens (tertiary/aromatic N) is 1. The Balaban J connectivity index is 2.69. The summed E-state index contributed by atoms with van der Waals surface area (Å²) in [5.74, 6) is -0.417. The third-order valence-electron chi connectivity index (χ3n) is 2.38. The van der Waals surface area contributed by atoms with Crippen LogP contribution in [0.2, 0.25) is 0 Å². The van der Waals surface area contributed by atoms with Gasteiger partial charge in [-0.25, -0.2) is 9.78 Å². The molecule has 7 nitrogen and oxygen atoms in total. The number of amides is 1. The smallest absolute Gasteiger partial charge is 0.340 e. The molecule has 0 spiro atoms. The zero-order valence-electron chi connectivity index (χ0n) is 11.0. The van der Waals surface area contributed by atoms with Crippen molar-refractivity contribution in [2.24, 2.45) is 0 Å². The van der Waals surface area contributed by atoms with Crippen molar-refractivity contribution in [1.29, 1.82) is 0 Å². The normalized spacial score (nSPS) is 9.79. The molecule has 1 rings (SSSR count). The van der Waals surface area contributed by atoms with E-state index in [1.807, 2.05) is 6.92 Å². The molecule has 1 heterocycles. The molecule has 0 aliphatic rings. The van der Waals surface area contributed by atoms with E-state index in [1.54, 1.807) is 0 Å².